The number of nitrogens with zero attached hydrogens (tertiary/aromatic N) is 4. The van der Waals surface area contributed by atoms with Gasteiger partial charge in [-0.05, 0) is 51.4 Å². The van der Waals surface area contributed by atoms with Crippen molar-refractivity contribution in [1.29, 1.82) is 0 Å². The van der Waals surface area contributed by atoms with E-state index in [4.69, 9.17) is 10.1 Å². The summed E-state index contributed by atoms with van der Waals surface area (Å²) in [5.41, 5.74) is 0.113. The van der Waals surface area contributed by atoms with E-state index in [2.05, 4.69) is 9.58 Å². The molecule has 176 valence electrons. The second-order valence-electron chi connectivity index (χ2n) is 11.7. The predicted molar refractivity (Wildman–Crippen MR) is 127 cm³/mol. The number of hydrogen-bond donors (Lipinski definition) is 0. The SMILES string of the molecule is O=C(C1CCCCC1)N1c2nc(C3CCCCC3)nn2C2(CCCCC2)C2CCCCC21. The number of hydrogen-bond acceptors (Lipinski definition) is 3. The molecule has 2 atom stereocenters. The Kier molecular flexibility index (Phi) is 5.79. The molecule has 1 aromatic heterocycles. The minimum atomic E-state index is 0.113. The van der Waals surface area contributed by atoms with Crippen LogP contribution in [0.15, 0.2) is 0 Å². The monoisotopic (exact) mass is 438 g/mol. The molecule has 5 nitrogen and oxygen atoms in total. The van der Waals surface area contributed by atoms with E-state index in [0.717, 1.165) is 31.0 Å². The third-order valence-electron chi connectivity index (χ3n) is 9.88. The normalized spacial score (nSPS) is 31.3. The molecule has 0 bridgehead atoms. The fraction of sp³-hybridized carbons (Fsp3) is 0.889. The van der Waals surface area contributed by atoms with Crippen LogP contribution in [0, 0.1) is 11.8 Å². The van der Waals surface area contributed by atoms with Gasteiger partial charge in [0.1, 0.15) is 0 Å². The van der Waals surface area contributed by atoms with Gasteiger partial charge in [0.05, 0.1) is 5.54 Å². The van der Waals surface area contributed by atoms with Crippen molar-refractivity contribution in [3.05, 3.63) is 5.82 Å². The summed E-state index contributed by atoms with van der Waals surface area (Å²) in [6.45, 7) is 0. The fourth-order valence-electron chi connectivity index (χ4n) is 8.22. The van der Waals surface area contributed by atoms with Crippen molar-refractivity contribution in [2.24, 2.45) is 11.8 Å². The van der Waals surface area contributed by atoms with Crippen LogP contribution in [0.5, 0.6) is 0 Å². The van der Waals surface area contributed by atoms with E-state index < -0.39 is 0 Å². The Labute approximate surface area is 193 Å². The number of amides is 1. The van der Waals surface area contributed by atoms with Crippen LogP contribution in [0.1, 0.15) is 134 Å². The Morgan fingerprint density at radius 3 is 2.12 bits per heavy atom. The summed E-state index contributed by atoms with van der Waals surface area (Å²) in [5, 5.41) is 5.33. The molecule has 1 amide bonds. The molecule has 5 aliphatic rings. The van der Waals surface area contributed by atoms with E-state index in [1.807, 2.05) is 0 Å². The first kappa shape index (κ1) is 21.2. The Bertz CT molecular complexity index is 814. The molecule has 0 saturated heterocycles. The maximum Gasteiger partial charge on any atom is 0.232 e. The zero-order valence-electron chi connectivity index (χ0n) is 19.9. The van der Waals surface area contributed by atoms with Crippen LogP contribution in [0.2, 0.25) is 0 Å². The molecule has 4 aliphatic carbocycles. The summed E-state index contributed by atoms with van der Waals surface area (Å²) in [7, 11) is 0. The third-order valence-corrected chi connectivity index (χ3v) is 9.88. The molecule has 1 spiro atoms. The highest BCUT2D eigenvalue weighted by Gasteiger charge is 2.55. The average Bonchev–Trinajstić information content (AvgIpc) is 3.32. The minimum absolute atomic E-state index is 0.113. The summed E-state index contributed by atoms with van der Waals surface area (Å²) in [4.78, 5) is 21.6. The first-order chi connectivity index (χ1) is 15.8. The first-order valence-electron chi connectivity index (χ1n) is 14.1. The lowest BCUT2D eigenvalue weighted by Gasteiger charge is -2.55. The van der Waals surface area contributed by atoms with E-state index >= 15 is 0 Å². The molecule has 1 aliphatic heterocycles. The zero-order chi connectivity index (χ0) is 21.5. The van der Waals surface area contributed by atoms with Gasteiger partial charge in [-0.15, -0.1) is 0 Å². The van der Waals surface area contributed by atoms with Gasteiger partial charge in [0.2, 0.25) is 11.9 Å². The molecular formula is C27H42N4O. The Morgan fingerprint density at radius 1 is 0.750 bits per heavy atom. The number of aromatic nitrogens is 3. The number of carbonyl (C=O) groups excluding carboxylic acids is 1. The molecule has 5 heteroatoms. The molecule has 2 heterocycles. The lowest BCUT2D eigenvalue weighted by molar-refractivity contribution is -0.125. The highest BCUT2D eigenvalue weighted by molar-refractivity contribution is 5.94. The van der Waals surface area contributed by atoms with Gasteiger partial charge in [-0.2, -0.15) is 10.1 Å². The lowest BCUT2D eigenvalue weighted by Crippen LogP contribution is -2.62. The summed E-state index contributed by atoms with van der Waals surface area (Å²) >= 11 is 0. The standard InChI is InChI=1S/C27H42N4O/c32-25(21-14-6-2-7-15-21)30-23-17-9-8-16-22(23)27(18-10-3-11-19-27)31-26(30)28-24(29-31)20-12-4-1-5-13-20/h20-23H,1-19H2. The van der Waals surface area contributed by atoms with Crippen molar-refractivity contribution in [2.75, 3.05) is 4.90 Å². The van der Waals surface area contributed by atoms with Gasteiger partial charge in [-0.1, -0.05) is 70.6 Å². The van der Waals surface area contributed by atoms with Crippen molar-refractivity contribution in [2.45, 2.75) is 139 Å². The van der Waals surface area contributed by atoms with Crippen LogP contribution in [0.25, 0.3) is 0 Å². The number of fused-ring (bicyclic) bond motifs is 4. The largest absolute Gasteiger partial charge is 0.277 e. The van der Waals surface area contributed by atoms with Gasteiger partial charge in [-0.25, -0.2) is 4.68 Å². The third kappa shape index (κ3) is 3.44. The topological polar surface area (TPSA) is 51.0 Å². The molecular weight excluding hydrogens is 396 g/mol. The molecule has 6 rings (SSSR count). The van der Waals surface area contributed by atoms with Crippen molar-refractivity contribution >= 4 is 11.9 Å². The molecule has 4 saturated carbocycles. The highest BCUT2D eigenvalue weighted by Crippen LogP contribution is 2.53. The van der Waals surface area contributed by atoms with Gasteiger partial charge in [0.25, 0.3) is 0 Å². The Hall–Kier alpha value is -1.39. The van der Waals surface area contributed by atoms with Crippen molar-refractivity contribution in [1.82, 2.24) is 14.8 Å². The van der Waals surface area contributed by atoms with Crippen molar-refractivity contribution < 1.29 is 4.79 Å². The quantitative estimate of drug-likeness (QED) is 0.531. The minimum Gasteiger partial charge on any atom is -0.277 e. The molecule has 2 unspecified atom stereocenters. The van der Waals surface area contributed by atoms with E-state index in [9.17, 15) is 4.79 Å². The fourth-order valence-corrected chi connectivity index (χ4v) is 8.22. The second kappa shape index (κ2) is 8.76. The van der Waals surface area contributed by atoms with Crippen molar-refractivity contribution in [3.8, 4) is 0 Å². The summed E-state index contributed by atoms with van der Waals surface area (Å²) < 4.78 is 2.36. The lowest BCUT2D eigenvalue weighted by atomic mass is 9.64. The maximum absolute atomic E-state index is 14.1. The first-order valence-corrected chi connectivity index (χ1v) is 14.1. The summed E-state index contributed by atoms with van der Waals surface area (Å²) in [6, 6.07) is 0.354. The molecule has 0 N–H and O–H groups in total. The zero-order valence-corrected chi connectivity index (χ0v) is 19.9. The second-order valence-corrected chi connectivity index (χ2v) is 11.7. The van der Waals surface area contributed by atoms with Crippen molar-refractivity contribution in [3.63, 3.8) is 0 Å². The number of carbonyl (C=O) groups is 1. The molecule has 0 radical (unpaired) electrons. The average molecular weight is 439 g/mol. The van der Waals surface area contributed by atoms with E-state index in [0.29, 0.717) is 23.8 Å². The highest BCUT2D eigenvalue weighted by atomic mass is 16.2. The van der Waals surface area contributed by atoms with Gasteiger partial charge in [-0.3, -0.25) is 9.69 Å². The maximum atomic E-state index is 14.1. The summed E-state index contributed by atoms with van der Waals surface area (Å²) in [6.07, 6.45) is 23.7. The van der Waals surface area contributed by atoms with Gasteiger partial charge >= 0.3 is 0 Å². The smallest absolute Gasteiger partial charge is 0.232 e. The van der Waals surface area contributed by atoms with Gasteiger partial charge in [0.15, 0.2) is 5.82 Å². The summed E-state index contributed by atoms with van der Waals surface area (Å²) in [5.74, 6) is 3.66. The van der Waals surface area contributed by atoms with E-state index in [-0.39, 0.29) is 11.5 Å². The van der Waals surface area contributed by atoms with Crippen LogP contribution in [0.4, 0.5) is 5.95 Å². The van der Waals surface area contributed by atoms with Crippen LogP contribution < -0.4 is 4.90 Å². The molecule has 1 aromatic rings. The van der Waals surface area contributed by atoms with Crippen LogP contribution >= 0.6 is 0 Å². The Balaban J connectivity index is 1.45. The van der Waals surface area contributed by atoms with Gasteiger partial charge < -0.3 is 0 Å². The molecule has 32 heavy (non-hydrogen) atoms. The van der Waals surface area contributed by atoms with E-state index in [1.165, 1.54) is 103 Å². The molecule has 4 fully saturated rings. The van der Waals surface area contributed by atoms with Gasteiger partial charge in [0, 0.05) is 23.8 Å². The number of anilines is 1. The van der Waals surface area contributed by atoms with Crippen LogP contribution in [-0.4, -0.2) is 26.7 Å². The predicted octanol–water partition coefficient (Wildman–Crippen LogP) is 6.47. The van der Waals surface area contributed by atoms with E-state index in [1.54, 1.807) is 0 Å². The number of rotatable bonds is 2. The Morgan fingerprint density at radius 2 is 1.38 bits per heavy atom. The van der Waals surface area contributed by atoms with Crippen LogP contribution in [0.3, 0.4) is 0 Å². The molecule has 0 aromatic carbocycles. The van der Waals surface area contributed by atoms with Crippen LogP contribution in [-0.2, 0) is 10.3 Å².